The summed E-state index contributed by atoms with van der Waals surface area (Å²) in [6, 6.07) is 23.8. The first kappa shape index (κ1) is 29.8. The van der Waals surface area contributed by atoms with Gasteiger partial charge in [-0.2, -0.15) is 5.10 Å². The van der Waals surface area contributed by atoms with Crippen LogP contribution in [0.15, 0.2) is 72.8 Å². The highest BCUT2D eigenvalue weighted by Crippen LogP contribution is 2.49. The molecule has 0 saturated carbocycles. The quantitative estimate of drug-likeness (QED) is 0.273. The maximum Gasteiger partial charge on any atom is 0.240 e. The first-order valence-electron chi connectivity index (χ1n) is 14.7. The van der Waals surface area contributed by atoms with Crippen LogP contribution in [0.25, 0.3) is 16.9 Å². The third-order valence-electron chi connectivity index (χ3n) is 7.95. The minimum atomic E-state index is -0.289. The molecule has 2 atom stereocenters. The number of aryl methyl sites for hydroxylation is 1. The van der Waals surface area contributed by atoms with Crippen molar-refractivity contribution in [2.75, 3.05) is 44.6 Å². The molecule has 0 spiro atoms. The molecular formula is C34H36N4O5S. The van der Waals surface area contributed by atoms with Crippen LogP contribution in [0.4, 0.5) is 5.82 Å². The number of methoxy groups -OCH3 is 2. The average Bonchev–Trinajstić information content (AvgIpc) is 3.69. The number of nitrogens with one attached hydrogen (secondary N) is 1. The fraction of sp³-hybridized carbons (Fsp3) is 0.324. The third kappa shape index (κ3) is 6.05. The normalized spacial score (nSPS) is 18.1. The van der Waals surface area contributed by atoms with Gasteiger partial charge in [-0.15, -0.1) is 11.8 Å². The number of nitrogens with zero attached hydrogens (tertiary/aromatic N) is 3. The lowest BCUT2D eigenvalue weighted by Gasteiger charge is -2.24. The Labute approximate surface area is 261 Å². The minimum absolute atomic E-state index is 0.00170. The molecule has 0 aliphatic carbocycles. The Bertz CT molecular complexity index is 1650. The minimum Gasteiger partial charge on any atom is -0.493 e. The number of aromatic nitrogens is 2. The Morgan fingerprint density at radius 1 is 1.05 bits per heavy atom. The van der Waals surface area contributed by atoms with Crippen LogP contribution in [0.2, 0.25) is 0 Å². The second kappa shape index (κ2) is 13.2. The maximum absolute atomic E-state index is 14.0. The number of hydrogen-bond acceptors (Lipinski definition) is 7. The Balaban J connectivity index is 1.53. The van der Waals surface area contributed by atoms with E-state index in [4.69, 9.17) is 19.3 Å². The van der Waals surface area contributed by atoms with E-state index in [-0.39, 0.29) is 35.5 Å². The van der Waals surface area contributed by atoms with Gasteiger partial charge in [-0.3, -0.25) is 14.5 Å². The second-order valence-corrected chi connectivity index (χ2v) is 12.0. The lowest BCUT2D eigenvalue weighted by Crippen LogP contribution is -2.44. The molecule has 10 heteroatoms. The molecule has 3 heterocycles. The Morgan fingerprint density at radius 2 is 1.86 bits per heavy atom. The summed E-state index contributed by atoms with van der Waals surface area (Å²) in [5.41, 5.74) is 5.31. The van der Waals surface area contributed by atoms with E-state index in [1.165, 1.54) is 11.8 Å². The van der Waals surface area contributed by atoms with Gasteiger partial charge in [0.2, 0.25) is 11.8 Å². The van der Waals surface area contributed by atoms with Crippen molar-refractivity contribution in [3.05, 3.63) is 89.5 Å². The molecule has 2 amide bonds. The predicted molar refractivity (Wildman–Crippen MR) is 172 cm³/mol. The van der Waals surface area contributed by atoms with Crippen molar-refractivity contribution >= 4 is 29.4 Å². The van der Waals surface area contributed by atoms with E-state index in [0.29, 0.717) is 30.5 Å². The number of fused-ring (bicyclic) bond motifs is 1. The average molecular weight is 613 g/mol. The van der Waals surface area contributed by atoms with Crippen LogP contribution in [-0.2, 0) is 14.3 Å². The summed E-state index contributed by atoms with van der Waals surface area (Å²) in [6.07, 6.45) is 1.90. The summed E-state index contributed by atoms with van der Waals surface area (Å²) in [5, 5.41) is 7.88. The van der Waals surface area contributed by atoms with Gasteiger partial charge in [0.05, 0.1) is 42.7 Å². The van der Waals surface area contributed by atoms with E-state index in [0.717, 1.165) is 46.5 Å². The van der Waals surface area contributed by atoms with E-state index < -0.39 is 0 Å². The third-order valence-corrected chi connectivity index (χ3v) is 9.20. The van der Waals surface area contributed by atoms with Crippen LogP contribution in [0.3, 0.4) is 0 Å². The Hall–Kier alpha value is -4.28. The van der Waals surface area contributed by atoms with Gasteiger partial charge in [-0.1, -0.05) is 48.5 Å². The topological polar surface area (TPSA) is 94.9 Å². The van der Waals surface area contributed by atoms with Crippen LogP contribution in [-0.4, -0.2) is 67.4 Å². The molecule has 0 unspecified atom stereocenters. The highest BCUT2D eigenvalue weighted by Gasteiger charge is 2.38. The fourth-order valence-electron chi connectivity index (χ4n) is 5.78. The molecule has 1 N–H and O–H groups in total. The molecule has 3 aromatic carbocycles. The molecule has 4 aromatic rings. The van der Waals surface area contributed by atoms with E-state index >= 15 is 0 Å². The monoisotopic (exact) mass is 612 g/mol. The first-order valence-corrected chi connectivity index (χ1v) is 15.8. The Kier molecular flexibility index (Phi) is 8.90. The van der Waals surface area contributed by atoms with Crippen molar-refractivity contribution in [2.45, 2.75) is 31.1 Å². The van der Waals surface area contributed by atoms with E-state index in [9.17, 15) is 9.59 Å². The summed E-state index contributed by atoms with van der Waals surface area (Å²) in [7, 11) is 3.22. The summed E-state index contributed by atoms with van der Waals surface area (Å²) in [6.45, 7) is 3.02. The van der Waals surface area contributed by atoms with Crippen LogP contribution >= 0.6 is 11.8 Å². The number of carbonyl (C=O) groups excluding carboxylic acids is 2. The van der Waals surface area contributed by atoms with Gasteiger partial charge in [0.15, 0.2) is 11.5 Å². The van der Waals surface area contributed by atoms with Crippen molar-refractivity contribution in [3.8, 4) is 28.4 Å². The highest BCUT2D eigenvalue weighted by molar-refractivity contribution is 8.00. The molecule has 44 heavy (non-hydrogen) atoms. The second-order valence-electron chi connectivity index (χ2n) is 10.9. The summed E-state index contributed by atoms with van der Waals surface area (Å²) >= 11 is 1.51. The maximum atomic E-state index is 14.0. The fourth-order valence-corrected chi connectivity index (χ4v) is 6.97. The van der Waals surface area contributed by atoms with Crippen LogP contribution in [0.5, 0.6) is 11.5 Å². The number of hydrogen-bond donors (Lipinski definition) is 1. The molecule has 0 bridgehead atoms. The molecule has 1 aromatic heterocycles. The van der Waals surface area contributed by atoms with E-state index in [2.05, 4.69) is 5.32 Å². The predicted octanol–water partition coefficient (Wildman–Crippen LogP) is 5.33. The van der Waals surface area contributed by atoms with E-state index in [1.54, 1.807) is 19.1 Å². The number of ether oxygens (including phenoxy) is 3. The first-order chi connectivity index (χ1) is 21.5. The van der Waals surface area contributed by atoms with Gasteiger partial charge in [0, 0.05) is 24.3 Å². The van der Waals surface area contributed by atoms with Gasteiger partial charge in [-0.05, 0) is 55.2 Å². The standard InChI is InChI=1S/C34H36N4O5S/c1-22-9-7-12-25(17-22)38-34-31(32(36-38)23-10-5-4-6-11-23)33(24-14-15-27(41-2)28(18-24)42-3)44-21-30(40)37(34)20-29(39)35-19-26-13-8-16-43-26/h4-7,9-12,14-15,17-18,26,33H,8,13,16,19-21H2,1-3H3,(H,35,39)/t26-,33+/m0/s1. The zero-order valence-electron chi connectivity index (χ0n) is 25.1. The molecule has 6 rings (SSSR count). The number of amides is 2. The lowest BCUT2D eigenvalue weighted by atomic mass is 9.99. The zero-order chi connectivity index (χ0) is 30.6. The highest BCUT2D eigenvalue weighted by atomic mass is 32.2. The molecule has 2 aliphatic rings. The van der Waals surface area contributed by atoms with E-state index in [1.807, 2.05) is 84.4 Å². The van der Waals surface area contributed by atoms with Gasteiger partial charge >= 0.3 is 0 Å². The number of carbonyl (C=O) groups is 2. The lowest BCUT2D eigenvalue weighted by molar-refractivity contribution is -0.123. The van der Waals surface area contributed by atoms with Gasteiger partial charge in [0.25, 0.3) is 0 Å². The summed E-state index contributed by atoms with van der Waals surface area (Å²) < 4.78 is 18.7. The molecule has 1 fully saturated rings. The van der Waals surface area contributed by atoms with Crippen LogP contribution < -0.4 is 19.7 Å². The number of thioether (sulfide) groups is 1. The van der Waals surface area contributed by atoms with Gasteiger partial charge < -0.3 is 19.5 Å². The molecular weight excluding hydrogens is 576 g/mol. The van der Waals surface area contributed by atoms with Crippen LogP contribution in [0.1, 0.15) is 34.8 Å². The molecule has 0 radical (unpaired) electrons. The van der Waals surface area contributed by atoms with Crippen LogP contribution in [0, 0.1) is 6.92 Å². The van der Waals surface area contributed by atoms with Crippen molar-refractivity contribution in [1.29, 1.82) is 0 Å². The SMILES string of the molecule is COc1ccc([C@H]2SCC(=O)N(CC(=O)NC[C@@H]3CCCO3)c3c2c(-c2ccccc2)nn3-c2cccc(C)c2)cc1OC. The van der Waals surface area contributed by atoms with Gasteiger partial charge in [0.1, 0.15) is 12.4 Å². The van der Waals surface area contributed by atoms with Crippen molar-refractivity contribution in [3.63, 3.8) is 0 Å². The van der Waals surface area contributed by atoms with Crippen molar-refractivity contribution < 1.29 is 23.8 Å². The Morgan fingerprint density at radius 3 is 2.59 bits per heavy atom. The largest absolute Gasteiger partial charge is 0.493 e. The van der Waals surface area contributed by atoms with Crippen molar-refractivity contribution in [1.82, 2.24) is 15.1 Å². The smallest absolute Gasteiger partial charge is 0.240 e. The summed E-state index contributed by atoms with van der Waals surface area (Å²) in [4.78, 5) is 29.0. The van der Waals surface area contributed by atoms with Crippen molar-refractivity contribution in [2.24, 2.45) is 0 Å². The molecule has 9 nitrogen and oxygen atoms in total. The number of anilines is 1. The zero-order valence-corrected chi connectivity index (χ0v) is 25.9. The number of benzene rings is 3. The molecule has 1 saturated heterocycles. The summed E-state index contributed by atoms with van der Waals surface area (Å²) in [5.74, 6) is 1.56. The van der Waals surface area contributed by atoms with Gasteiger partial charge in [-0.25, -0.2) is 4.68 Å². The molecule has 228 valence electrons. The number of rotatable bonds is 9. The molecule has 2 aliphatic heterocycles.